The van der Waals surface area contributed by atoms with Crippen molar-refractivity contribution in [2.24, 2.45) is 5.73 Å². The van der Waals surface area contributed by atoms with Gasteiger partial charge in [-0.05, 0) is 6.92 Å². The fourth-order valence-corrected chi connectivity index (χ4v) is 1.49. The van der Waals surface area contributed by atoms with Crippen molar-refractivity contribution < 1.29 is 14.3 Å². The third kappa shape index (κ3) is 2.94. The zero-order valence-electron chi connectivity index (χ0n) is 8.73. The van der Waals surface area contributed by atoms with E-state index in [1.807, 2.05) is 0 Å². The summed E-state index contributed by atoms with van der Waals surface area (Å²) in [6, 6.07) is -0.434. The Morgan fingerprint density at radius 3 is 3.07 bits per heavy atom. The van der Waals surface area contributed by atoms with Gasteiger partial charge in [0, 0.05) is 20.2 Å². The van der Waals surface area contributed by atoms with Crippen LogP contribution in [0.2, 0.25) is 0 Å². The zero-order chi connectivity index (χ0) is 10.6. The quantitative estimate of drug-likeness (QED) is 0.651. The van der Waals surface area contributed by atoms with Crippen LogP contribution in [0.1, 0.15) is 6.92 Å². The van der Waals surface area contributed by atoms with Crippen LogP contribution in [0, 0.1) is 0 Å². The summed E-state index contributed by atoms with van der Waals surface area (Å²) in [5.74, 6) is -0.0191. The molecular weight excluding hydrogens is 184 g/mol. The molecule has 0 spiro atoms. The fraction of sp³-hybridized carbons (Fsp3) is 0.889. The van der Waals surface area contributed by atoms with Gasteiger partial charge in [-0.2, -0.15) is 0 Å². The van der Waals surface area contributed by atoms with Crippen LogP contribution in [0.5, 0.6) is 0 Å². The molecule has 5 heteroatoms. The predicted octanol–water partition coefficient (Wildman–Crippen LogP) is -0.793. The maximum absolute atomic E-state index is 11.6. The summed E-state index contributed by atoms with van der Waals surface area (Å²) in [5, 5.41) is 0. The van der Waals surface area contributed by atoms with Crippen LogP contribution in [0.25, 0.3) is 0 Å². The lowest BCUT2D eigenvalue weighted by molar-refractivity contribution is -0.141. The SMILES string of the molecule is COCC1CN(C(=O)C(C)N)CCO1. The number of methoxy groups -OCH3 is 1. The molecule has 2 unspecified atom stereocenters. The molecule has 1 rings (SSSR count). The molecule has 1 saturated heterocycles. The molecule has 1 amide bonds. The predicted molar refractivity (Wildman–Crippen MR) is 51.8 cm³/mol. The van der Waals surface area contributed by atoms with E-state index >= 15 is 0 Å². The second-order valence-electron chi connectivity index (χ2n) is 3.52. The van der Waals surface area contributed by atoms with Gasteiger partial charge >= 0.3 is 0 Å². The fourth-order valence-electron chi connectivity index (χ4n) is 1.49. The van der Waals surface area contributed by atoms with Gasteiger partial charge in [0.1, 0.15) is 0 Å². The van der Waals surface area contributed by atoms with Gasteiger partial charge in [0.2, 0.25) is 5.91 Å². The molecule has 14 heavy (non-hydrogen) atoms. The lowest BCUT2D eigenvalue weighted by atomic mass is 10.2. The molecule has 0 bridgehead atoms. The van der Waals surface area contributed by atoms with E-state index in [1.54, 1.807) is 18.9 Å². The zero-order valence-corrected chi connectivity index (χ0v) is 8.73. The molecule has 1 fully saturated rings. The van der Waals surface area contributed by atoms with Gasteiger partial charge in [0.15, 0.2) is 0 Å². The highest BCUT2D eigenvalue weighted by Crippen LogP contribution is 2.06. The van der Waals surface area contributed by atoms with Crippen molar-refractivity contribution in [3.63, 3.8) is 0 Å². The van der Waals surface area contributed by atoms with Crippen molar-refractivity contribution in [3.05, 3.63) is 0 Å². The van der Waals surface area contributed by atoms with E-state index in [4.69, 9.17) is 15.2 Å². The Balaban J connectivity index is 2.43. The summed E-state index contributed by atoms with van der Waals surface area (Å²) in [6.07, 6.45) is -0.0172. The molecule has 0 aromatic heterocycles. The summed E-state index contributed by atoms with van der Waals surface area (Å²) in [4.78, 5) is 13.3. The molecule has 82 valence electrons. The van der Waals surface area contributed by atoms with Crippen LogP contribution < -0.4 is 5.73 Å². The summed E-state index contributed by atoms with van der Waals surface area (Å²) in [5.41, 5.74) is 5.52. The Morgan fingerprint density at radius 1 is 1.79 bits per heavy atom. The van der Waals surface area contributed by atoms with Gasteiger partial charge in [-0.3, -0.25) is 4.79 Å². The standard InChI is InChI=1S/C9H18N2O3/c1-7(10)9(12)11-3-4-14-8(5-11)6-13-2/h7-8H,3-6,10H2,1-2H3. The molecule has 0 aromatic carbocycles. The molecule has 1 aliphatic rings. The minimum absolute atomic E-state index is 0.0172. The van der Waals surface area contributed by atoms with Gasteiger partial charge in [0.05, 0.1) is 25.4 Å². The number of carbonyl (C=O) groups is 1. The molecule has 2 atom stereocenters. The Hall–Kier alpha value is -0.650. The van der Waals surface area contributed by atoms with Crippen molar-refractivity contribution in [3.8, 4) is 0 Å². The number of ether oxygens (including phenoxy) is 2. The molecule has 0 radical (unpaired) electrons. The van der Waals surface area contributed by atoms with E-state index < -0.39 is 6.04 Å². The topological polar surface area (TPSA) is 64.8 Å². The van der Waals surface area contributed by atoms with Crippen molar-refractivity contribution in [2.75, 3.05) is 33.4 Å². The van der Waals surface area contributed by atoms with E-state index in [2.05, 4.69) is 0 Å². The summed E-state index contributed by atoms with van der Waals surface area (Å²) < 4.78 is 10.4. The number of hydrogen-bond acceptors (Lipinski definition) is 4. The molecule has 0 aromatic rings. The van der Waals surface area contributed by atoms with Gasteiger partial charge in [-0.1, -0.05) is 0 Å². The highest BCUT2D eigenvalue weighted by molar-refractivity contribution is 5.81. The first-order valence-electron chi connectivity index (χ1n) is 4.80. The normalized spacial score (nSPS) is 24.8. The van der Waals surface area contributed by atoms with E-state index in [-0.39, 0.29) is 12.0 Å². The Bertz CT molecular complexity index is 194. The lowest BCUT2D eigenvalue weighted by Gasteiger charge is -2.33. The maximum Gasteiger partial charge on any atom is 0.239 e. The van der Waals surface area contributed by atoms with E-state index in [1.165, 1.54) is 0 Å². The molecular formula is C9H18N2O3. The van der Waals surface area contributed by atoms with Crippen molar-refractivity contribution in [1.82, 2.24) is 4.90 Å². The van der Waals surface area contributed by atoms with Crippen LogP contribution in [0.4, 0.5) is 0 Å². The van der Waals surface area contributed by atoms with Gasteiger partial charge < -0.3 is 20.1 Å². The number of hydrogen-bond donors (Lipinski definition) is 1. The average Bonchev–Trinajstić information content (AvgIpc) is 2.17. The Morgan fingerprint density at radius 2 is 2.50 bits per heavy atom. The van der Waals surface area contributed by atoms with Crippen molar-refractivity contribution >= 4 is 5.91 Å². The highest BCUT2D eigenvalue weighted by Gasteiger charge is 2.25. The number of rotatable bonds is 3. The lowest BCUT2D eigenvalue weighted by Crippen LogP contribution is -2.51. The van der Waals surface area contributed by atoms with Crippen molar-refractivity contribution in [2.45, 2.75) is 19.1 Å². The first-order chi connectivity index (χ1) is 6.65. The number of amides is 1. The molecule has 0 aliphatic carbocycles. The van der Waals surface area contributed by atoms with Crippen LogP contribution in [-0.4, -0.2) is 56.4 Å². The summed E-state index contributed by atoms with van der Waals surface area (Å²) >= 11 is 0. The third-order valence-corrected chi connectivity index (χ3v) is 2.19. The van der Waals surface area contributed by atoms with Crippen LogP contribution in [0.15, 0.2) is 0 Å². The van der Waals surface area contributed by atoms with E-state index in [0.29, 0.717) is 26.3 Å². The Kier molecular flexibility index (Phi) is 4.31. The minimum atomic E-state index is -0.434. The van der Waals surface area contributed by atoms with Crippen molar-refractivity contribution in [1.29, 1.82) is 0 Å². The number of morpholine rings is 1. The summed E-state index contributed by atoms with van der Waals surface area (Å²) in [6.45, 7) is 3.98. The van der Waals surface area contributed by atoms with E-state index in [9.17, 15) is 4.79 Å². The number of nitrogens with zero attached hydrogens (tertiary/aromatic N) is 1. The Labute approximate surface area is 84.1 Å². The average molecular weight is 202 g/mol. The van der Waals surface area contributed by atoms with Crippen LogP contribution in [0.3, 0.4) is 0 Å². The molecule has 5 nitrogen and oxygen atoms in total. The van der Waals surface area contributed by atoms with Gasteiger partial charge in [0.25, 0.3) is 0 Å². The third-order valence-electron chi connectivity index (χ3n) is 2.19. The highest BCUT2D eigenvalue weighted by atomic mass is 16.5. The monoisotopic (exact) mass is 202 g/mol. The van der Waals surface area contributed by atoms with Crippen LogP contribution >= 0.6 is 0 Å². The first kappa shape index (κ1) is 11.4. The summed E-state index contributed by atoms with van der Waals surface area (Å²) in [7, 11) is 1.62. The first-order valence-corrected chi connectivity index (χ1v) is 4.80. The number of carbonyl (C=O) groups excluding carboxylic acids is 1. The molecule has 1 heterocycles. The second-order valence-corrected chi connectivity index (χ2v) is 3.52. The van der Waals surface area contributed by atoms with Gasteiger partial charge in [-0.15, -0.1) is 0 Å². The minimum Gasteiger partial charge on any atom is -0.382 e. The largest absolute Gasteiger partial charge is 0.382 e. The maximum atomic E-state index is 11.6. The molecule has 2 N–H and O–H groups in total. The van der Waals surface area contributed by atoms with E-state index in [0.717, 1.165) is 0 Å². The molecule has 0 saturated carbocycles. The number of nitrogens with two attached hydrogens (primary N) is 1. The van der Waals surface area contributed by atoms with Gasteiger partial charge in [-0.25, -0.2) is 0 Å². The molecule has 1 aliphatic heterocycles. The second kappa shape index (κ2) is 5.29. The van der Waals surface area contributed by atoms with Crippen LogP contribution in [-0.2, 0) is 14.3 Å². The smallest absolute Gasteiger partial charge is 0.239 e.